The van der Waals surface area contributed by atoms with E-state index in [0.717, 1.165) is 0 Å². The van der Waals surface area contributed by atoms with E-state index in [1.807, 2.05) is 0 Å². The number of rotatable bonds is 2. The Balaban J connectivity index is 1.90. The first-order valence-electron chi connectivity index (χ1n) is 6.39. The summed E-state index contributed by atoms with van der Waals surface area (Å²) in [5.74, 6) is 1.48. The number of aryl methyl sites for hydroxylation is 2. The van der Waals surface area contributed by atoms with Crippen LogP contribution in [0.5, 0.6) is 11.5 Å². The number of carbonyl (C=O) groups excluding carboxylic acids is 1. The van der Waals surface area contributed by atoms with Crippen LogP contribution in [-0.2, 0) is 0 Å². The summed E-state index contributed by atoms with van der Waals surface area (Å²) in [5, 5.41) is 6.60. The lowest BCUT2D eigenvalue weighted by atomic mass is 10.2. The Morgan fingerprint density at radius 2 is 1.90 bits per heavy atom. The first kappa shape index (κ1) is 13.9. The minimum atomic E-state index is -0.274. The smallest absolute Gasteiger partial charge is 0.261 e. The largest absolute Gasteiger partial charge is 0.486 e. The van der Waals surface area contributed by atoms with Gasteiger partial charge in [-0.3, -0.25) is 4.79 Å². The van der Waals surface area contributed by atoms with Gasteiger partial charge >= 0.3 is 0 Å². The fourth-order valence-electron chi connectivity index (χ4n) is 2.15. The maximum absolute atomic E-state index is 12.3. The number of hydrogen-bond donors (Lipinski definition) is 1. The zero-order valence-corrected chi connectivity index (χ0v) is 13.1. The molecule has 1 aromatic heterocycles. The van der Waals surface area contributed by atoms with Crippen molar-refractivity contribution in [2.75, 3.05) is 18.5 Å². The molecule has 0 radical (unpaired) electrons. The summed E-state index contributed by atoms with van der Waals surface area (Å²) < 4.78 is 16.7. The fourth-order valence-corrected chi connectivity index (χ4v) is 2.57. The van der Waals surface area contributed by atoms with Gasteiger partial charge in [-0.05, 0) is 29.8 Å². The van der Waals surface area contributed by atoms with Crippen LogP contribution in [0.2, 0.25) is 0 Å². The van der Waals surface area contributed by atoms with Crippen molar-refractivity contribution in [2.24, 2.45) is 0 Å². The van der Waals surface area contributed by atoms with E-state index in [4.69, 9.17) is 14.0 Å². The Morgan fingerprint density at radius 3 is 2.52 bits per heavy atom. The summed E-state index contributed by atoms with van der Waals surface area (Å²) in [4.78, 5) is 12.3. The second-order valence-electron chi connectivity index (χ2n) is 4.63. The van der Waals surface area contributed by atoms with Crippen LogP contribution < -0.4 is 14.8 Å². The molecule has 110 valence electrons. The second kappa shape index (κ2) is 5.40. The molecule has 7 heteroatoms. The molecule has 0 spiro atoms. The van der Waals surface area contributed by atoms with E-state index in [1.54, 1.807) is 26.0 Å². The quantitative estimate of drug-likeness (QED) is 0.898. The van der Waals surface area contributed by atoms with E-state index in [0.29, 0.717) is 51.9 Å². The molecular formula is C14H13BrN2O4. The Bertz CT molecular complexity index is 692. The average molecular weight is 353 g/mol. The van der Waals surface area contributed by atoms with Crippen LogP contribution in [0, 0.1) is 13.8 Å². The minimum absolute atomic E-state index is 0.274. The van der Waals surface area contributed by atoms with Crippen LogP contribution in [-0.4, -0.2) is 24.3 Å². The maximum atomic E-state index is 12.3. The summed E-state index contributed by atoms with van der Waals surface area (Å²) in [6.45, 7) is 4.44. The number of amides is 1. The fraction of sp³-hybridized carbons (Fsp3) is 0.286. The van der Waals surface area contributed by atoms with Gasteiger partial charge in [0.1, 0.15) is 24.5 Å². The highest BCUT2D eigenvalue weighted by Gasteiger charge is 2.20. The van der Waals surface area contributed by atoms with Gasteiger partial charge < -0.3 is 19.3 Å². The summed E-state index contributed by atoms with van der Waals surface area (Å²) >= 11 is 3.41. The molecule has 1 N–H and O–H groups in total. The van der Waals surface area contributed by atoms with Gasteiger partial charge in [0.25, 0.3) is 5.91 Å². The first-order valence-corrected chi connectivity index (χ1v) is 7.19. The lowest BCUT2D eigenvalue weighted by molar-refractivity contribution is 0.102. The van der Waals surface area contributed by atoms with E-state index in [9.17, 15) is 4.79 Å². The van der Waals surface area contributed by atoms with Gasteiger partial charge in [-0.25, -0.2) is 0 Å². The summed E-state index contributed by atoms with van der Waals surface area (Å²) in [5.41, 5.74) is 1.60. The van der Waals surface area contributed by atoms with Crippen LogP contribution in [0.25, 0.3) is 0 Å². The number of nitrogens with one attached hydrogen (secondary N) is 1. The third-order valence-electron chi connectivity index (χ3n) is 3.14. The number of fused-ring (bicyclic) bond motifs is 1. The Morgan fingerprint density at radius 1 is 1.24 bits per heavy atom. The Hall–Kier alpha value is -2.02. The van der Waals surface area contributed by atoms with Gasteiger partial charge in [0.15, 0.2) is 11.5 Å². The number of halogens is 1. The van der Waals surface area contributed by atoms with Crippen LogP contribution in [0.15, 0.2) is 21.1 Å². The van der Waals surface area contributed by atoms with E-state index >= 15 is 0 Å². The van der Waals surface area contributed by atoms with Crippen molar-refractivity contribution in [2.45, 2.75) is 13.8 Å². The van der Waals surface area contributed by atoms with Crippen molar-refractivity contribution in [3.63, 3.8) is 0 Å². The number of carbonyl (C=O) groups is 1. The van der Waals surface area contributed by atoms with Crippen molar-refractivity contribution in [3.05, 3.63) is 33.6 Å². The third-order valence-corrected chi connectivity index (χ3v) is 3.80. The second-order valence-corrected chi connectivity index (χ2v) is 5.48. The molecular weight excluding hydrogens is 340 g/mol. The maximum Gasteiger partial charge on any atom is 0.261 e. The van der Waals surface area contributed by atoms with E-state index in [1.165, 1.54) is 0 Å². The first-order chi connectivity index (χ1) is 10.1. The lowest BCUT2D eigenvalue weighted by Gasteiger charge is -2.20. The van der Waals surface area contributed by atoms with Gasteiger partial charge in [-0.1, -0.05) is 5.16 Å². The highest BCUT2D eigenvalue weighted by molar-refractivity contribution is 9.10. The minimum Gasteiger partial charge on any atom is -0.486 e. The van der Waals surface area contributed by atoms with Crippen molar-refractivity contribution in [1.29, 1.82) is 0 Å². The number of benzene rings is 1. The molecule has 0 atom stereocenters. The lowest BCUT2D eigenvalue weighted by Crippen LogP contribution is -2.17. The predicted molar refractivity (Wildman–Crippen MR) is 79.1 cm³/mol. The molecule has 0 saturated carbocycles. The number of nitrogens with zero attached hydrogens (tertiary/aromatic N) is 1. The molecule has 1 aliphatic rings. The Kier molecular flexibility index (Phi) is 3.59. The van der Waals surface area contributed by atoms with E-state index in [2.05, 4.69) is 26.4 Å². The highest BCUT2D eigenvalue weighted by Crippen LogP contribution is 2.38. The monoisotopic (exact) mass is 352 g/mol. The van der Waals surface area contributed by atoms with Gasteiger partial charge in [0, 0.05) is 16.6 Å². The standard InChI is InChI=1S/C14H13BrN2O4/c1-7-13(8(2)21-17-7)14(18)16-10-6-12-11(5-9(10)15)19-3-4-20-12/h5-6H,3-4H2,1-2H3,(H,16,18). The van der Waals surface area contributed by atoms with Crippen LogP contribution in [0.4, 0.5) is 5.69 Å². The van der Waals surface area contributed by atoms with Gasteiger partial charge in [-0.2, -0.15) is 0 Å². The molecule has 2 heterocycles. The van der Waals surface area contributed by atoms with Gasteiger partial charge in [0.2, 0.25) is 0 Å². The van der Waals surface area contributed by atoms with Crippen molar-refractivity contribution in [1.82, 2.24) is 5.16 Å². The number of aromatic nitrogens is 1. The summed E-state index contributed by atoms with van der Waals surface area (Å²) in [6, 6.07) is 3.51. The molecule has 0 bridgehead atoms. The van der Waals surface area contributed by atoms with Crippen molar-refractivity contribution >= 4 is 27.5 Å². The van der Waals surface area contributed by atoms with Crippen molar-refractivity contribution < 1.29 is 18.8 Å². The number of ether oxygens (including phenoxy) is 2. The highest BCUT2D eigenvalue weighted by atomic mass is 79.9. The molecule has 0 fully saturated rings. The van der Waals surface area contributed by atoms with Crippen molar-refractivity contribution in [3.8, 4) is 11.5 Å². The SMILES string of the molecule is Cc1noc(C)c1C(=O)Nc1cc2c(cc1Br)OCCO2. The van der Waals surface area contributed by atoms with E-state index in [-0.39, 0.29) is 5.91 Å². The molecule has 6 nitrogen and oxygen atoms in total. The number of anilines is 1. The molecule has 0 saturated heterocycles. The van der Waals surface area contributed by atoms with Gasteiger partial charge in [0.05, 0.1) is 11.4 Å². The molecule has 3 rings (SSSR count). The molecule has 1 aromatic carbocycles. The topological polar surface area (TPSA) is 73.6 Å². The third kappa shape index (κ3) is 2.61. The predicted octanol–water partition coefficient (Wildman–Crippen LogP) is 3.08. The molecule has 1 aliphatic heterocycles. The molecule has 1 amide bonds. The molecule has 2 aromatic rings. The summed E-state index contributed by atoms with van der Waals surface area (Å²) in [6.07, 6.45) is 0. The molecule has 0 aliphatic carbocycles. The summed E-state index contributed by atoms with van der Waals surface area (Å²) in [7, 11) is 0. The molecule has 0 unspecified atom stereocenters. The van der Waals surface area contributed by atoms with Crippen LogP contribution in [0.1, 0.15) is 21.8 Å². The Labute approximate surface area is 129 Å². The average Bonchev–Trinajstić information content (AvgIpc) is 2.79. The van der Waals surface area contributed by atoms with Gasteiger partial charge in [-0.15, -0.1) is 0 Å². The van der Waals surface area contributed by atoms with Crippen LogP contribution >= 0.6 is 15.9 Å². The normalized spacial score (nSPS) is 13.1. The van der Waals surface area contributed by atoms with E-state index < -0.39 is 0 Å². The number of hydrogen-bond acceptors (Lipinski definition) is 5. The van der Waals surface area contributed by atoms with Crippen LogP contribution in [0.3, 0.4) is 0 Å². The molecule has 21 heavy (non-hydrogen) atoms. The zero-order chi connectivity index (χ0) is 15.0. The zero-order valence-electron chi connectivity index (χ0n) is 11.5.